The Labute approximate surface area is 128 Å². The molecule has 0 spiro atoms. The molecule has 3 rings (SSSR count). The Morgan fingerprint density at radius 2 is 1.95 bits per heavy atom. The van der Waals surface area contributed by atoms with Gasteiger partial charge in [0.2, 0.25) is 0 Å². The Balaban J connectivity index is 2.20. The van der Waals surface area contributed by atoms with E-state index in [9.17, 15) is 0 Å². The van der Waals surface area contributed by atoms with E-state index >= 15 is 0 Å². The Hall–Kier alpha value is -2.31. The number of rotatable bonds is 3. The highest BCUT2D eigenvalue weighted by molar-refractivity contribution is 6.30. The van der Waals surface area contributed by atoms with Crippen LogP contribution in [-0.2, 0) is 12.8 Å². The molecule has 0 amide bonds. The quantitative estimate of drug-likeness (QED) is 0.723. The first kappa shape index (κ1) is 13.7. The van der Waals surface area contributed by atoms with Crippen LogP contribution >= 0.6 is 11.6 Å². The third kappa shape index (κ3) is 2.51. The SMILES string of the molecule is CCc1ccc(-c2nc3ccc(Cl)cn3c2CC#N)cc1. The molecule has 0 saturated carbocycles. The van der Waals surface area contributed by atoms with Crippen molar-refractivity contribution in [3.05, 3.63) is 58.9 Å². The highest BCUT2D eigenvalue weighted by atomic mass is 35.5. The van der Waals surface area contributed by atoms with Crippen molar-refractivity contribution in [1.82, 2.24) is 9.38 Å². The van der Waals surface area contributed by atoms with Crippen LogP contribution in [0.4, 0.5) is 0 Å². The van der Waals surface area contributed by atoms with E-state index in [2.05, 4.69) is 42.2 Å². The summed E-state index contributed by atoms with van der Waals surface area (Å²) in [6.45, 7) is 2.13. The summed E-state index contributed by atoms with van der Waals surface area (Å²) in [7, 11) is 0. The Morgan fingerprint density at radius 1 is 1.19 bits per heavy atom. The number of nitrogens with zero attached hydrogens (tertiary/aromatic N) is 3. The van der Waals surface area contributed by atoms with E-state index in [1.165, 1.54) is 5.56 Å². The van der Waals surface area contributed by atoms with Crippen molar-refractivity contribution in [1.29, 1.82) is 5.26 Å². The molecule has 0 radical (unpaired) electrons. The van der Waals surface area contributed by atoms with Crippen molar-refractivity contribution in [2.24, 2.45) is 0 Å². The van der Waals surface area contributed by atoms with Crippen LogP contribution in [0.1, 0.15) is 18.2 Å². The number of fused-ring (bicyclic) bond motifs is 1. The summed E-state index contributed by atoms with van der Waals surface area (Å²) in [4.78, 5) is 4.65. The number of aryl methyl sites for hydroxylation is 1. The molecule has 0 bridgehead atoms. The van der Waals surface area contributed by atoms with Gasteiger partial charge in [0.05, 0.1) is 28.9 Å². The predicted octanol–water partition coefficient (Wildman–Crippen LogP) is 4.28. The van der Waals surface area contributed by atoms with E-state index in [4.69, 9.17) is 16.9 Å². The molecule has 2 aromatic heterocycles. The molecular formula is C17H14ClN3. The van der Waals surface area contributed by atoms with Gasteiger partial charge >= 0.3 is 0 Å². The second-order valence-corrected chi connectivity index (χ2v) is 5.30. The lowest BCUT2D eigenvalue weighted by molar-refractivity contribution is 1.06. The van der Waals surface area contributed by atoms with E-state index in [-0.39, 0.29) is 0 Å². The minimum absolute atomic E-state index is 0.298. The first-order chi connectivity index (χ1) is 10.2. The van der Waals surface area contributed by atoms with Crippen molar-refractivity contribution in [2.45, 2.75) is 19.8 Å². The van der Waals surface area contributed by atoms with Crippen LogP contribution < -0.4 is 0 Å². The summed E-state index contributed by atoms with van der Waals surface area (Å²) in [5.74, 6) is 0. The first-order valence-corrected chi connectivity index (χ1v) is 7.23. The van der Waals surface area contributed by atoms with Gasteiger partial charge in [-0.1, -0.05) is 42.8 Å². The average Bonchev–Trinajstić information content (AvgIpc) is 2.86. The van der Waals surface area contributed by atoms with Gasteiger partial charge in [0.25, 0.3) is 0 Å². The van der Waals surface area contributed by atoms with Crippen molar-refractivity contribution in [3.63, 3.8) is 0 Å². The highest BCUT2D eigenvalue weighted by Crippen LogP contribution is 2.26. The molecule has 0 unspecified atom stereocenters. The van der Waals surface area contributed by atoms with E-state index in [0.717, 1.165) is 29.0 Å². The number of imidazole rings is 1. The van der Waals surface area contributed by atoms with Gasteiger partial charge < -0.3 is 4.40 Å². The number of benzene rings is 1. The molecule has 3 nitrogen and oxygen atoms in total. The average molecular weight is 296 g/mol. The van der Waals surface area contributed by atoms with Crippen LogP contribution in [0.2, 0.25) is 5.02 Å². The lowest BCUT2D eigenvalue weighted by atomic mass is 10.1. The summed E-state index contributed by atoms with van der Waals surface area (Å²) in [5, 5.41) is 9.73. The summed E-state index contributed by atoms with van der Waals surface area (Å²) < 4.78 is 1.90. The van der Waals surface area contributed by atoms with Crippen LogP contribution in [0.25, 0.3) is 16.9 Å². The number of pyridine rings is 1. The molecule has 0 N–H and O–H groups in total. The molecule has 0 atom stereocenters. The predicted molar refractivity (Wildman–Crippen MR) is 84.3 cm³/mol. The van der Waals surface area contributed by atoms with Crippen molar-refractivity contribution in [2.75, 3.05) is 0 Å². The normalized spacial score (nSPS) is 10.7. The lowest BCUT2D eigenvalue weighted by Gasteiger charge is -2.03. The molecule has 0 saturated heterocycles. The zero-order chi connectivity index (χ0) is 14.8. The smallest absolute Gasteiger partial charge is 0.137 e. The fourth-order valence-corrected chi connectivity index (χ4v) is 2.60. The largest absolute Gasteiger partial charge is 0.301 e. The highest BCUT2D eigenvalue weighted by Gasteiger charge is 2.14. The van der Waals surface area contributed by atoms with Gasteiger partial charge in [-0.15, -0.1) is 0 Å². The second kappa shape index (κ2) is 5.59. The number of aromatic nitrogens is 2. The fraction of sp³-hybridized carbons (Fsp3) is 0.176. The minimum atomic E-state index is 0.298. The van der Waals surface area contributed by atoms with Gasteiger partial charge in [0, 0.05) is 11.8 Å². The van der Waals surface area contributed by atoms with Crippen LogP contribution in [0.15, 0.2) is 42.6 Å². The number of halogens is 1. The van der Waals surface area contributed by atoms with Gasteiger partial charge in [-0.25, -0.2) is 4.98 Å². The molecule has 0 aliphatic rings. The maximum atomic E-state index is 9.10. The molecule has 0 aliphatic carbocycles. The van der Waals surface area contributed by atoms with Gasteiger partial charge in [-0.3, -0.25) is 0 Å². The van der Waals surface area contributed by atoms with Crippen LogP contribution in [0, 0.1) is 11.3 Å². The van der Waals surface area contributed by atoms with Gasteiger partial charge in [0.1, 0.15) is 5.65 Å². The van der Waals surface area contributed by atoms with Crippen LogP contribution in [-0.4, -0.2) is 9.38 Å². The zero-order valence-corrected chi connectivity index (χ0v) is 12.4. The van der Waals surface area contributed by atoms with E-state index in [1.807, 2.05) is 16.5 Å². The van der Waals surface area contributed by atoms with Gasteiger partial charge in [0.15, 0.2) is 0 Å². The van der Waals surface area contributed by atoms with Crippen molar-refractivity contribution >= 4 is 17.2 Å². The monoisotopic (exact) mass is 295 g/mol. The lowest BCUT2D eigenvalue weighted by Crippen LogP contribution is -1.93. The van der Waals surface area contributed by atoms with E-state index in [1.54, 1.807) is 6.20 Å². The molecule has 4 heteroatoms. The van der Waals surface area contributed by atoms with Crippen molar-refractivity contribution in [3.8, 4) is 17.3 Å². The van der Waals surface area contributed by atoms with Gasteiger partial charge in [-0.05, 0) is 24.1 Å². The third-order valence-electron chi connectivity index (χ3n) is 3.56. The van der Waals surface area contributed by atoms with Crippen molar-refractivity contribution < 1.29 is 0 Å². The maximum absolute atomic E-state index is 9.10. The topological polar surface area (TPSA) is 41.1 Å². The molecular weight excluding hydrogens is 282 g/mol. The molecule has 2 heterocycles. The molecule has 21 heavy (non-hydrogen) atoms. The Bertz CT molecular complexity index is 826. The summed E-state index contributed by atoms with van der Waals surface area (Å²) in [5.41, 5.74) is 4.84. The summed E-state index contributed by atoms with van der Waals surface area (Å²) in [6, 6.07) is 14.2. The summed E-state index contributed by atoms with van der Waals surface area (Å²) >= 11 is 6.05. The number of hydrogen-bond donors (Lipinski definition) is 0. The zero-order valence-electron chi connectivity index (χ0n) is 11.7. The fourth-order valence-electron chi connectivity index (χ4n) is 2.44. The standard InChI is InChI=1S/C17H14ClN3/c1-2-12-3-5-13(6-4-12)17-15(9-10-19)21-11-14(18)7-8-16(21)20-17/h3-8,11H,2,9H2,1H3. The second-order valence-electron chi connectivity index (χ2n) is 4.87. The summed E-state index contributed by atoms with van der Waals surface area (Å²) in [6.07, 6.45) is 3.11. The molecule has 0 fully saturated rings. The number of hydrogen-bond acceptors (Lipinski definition) is 2. The van der Waals surface area contributed by atoms with E-state index < -0.39 is 0 Å². The minimum Gasteiger partial charge on any atom is -0.301 e. The Morgan fingerprint density at radius 3 is 2.62 bits per heavy atom. The Kier molecular flexibility index (Phi) is 3.64. The molecule has 3 aromatic rings. The first-order valence-electron chi connectivity index (χ1n) is 6.85. The molecule has 104 valence electrons. The maximum Gasteiger partial charge on any atom is 0.137 e. The van der Waals surface area contributed by atoms with E-state index in [0.29, 0.717) is 11.4 Å². The molecule has 0 aliphatic heterocycles. The molecule has 1 aromatic carbocycles. The third-order valence-corrected chi connectivity index (χ3v) is 3.79. The van der Waals surface area contributed by atoms with Gasteiger partial charge in [-0.2, -0.15) is 5.26 Å². The van der Waals surface area contributed by atoms with Crippen LogP contribution in [0.5, 0.6) is 0 Å². The van der Waals surface area contributed by atoms with Crippen LogP contribution in [0.3, 0.4) is 0 Å². The number of nitriles is 1.